The van der Waals surface area contributed by atoms with Gasteiger partial charge in [0.25, 0.3) is 0 Å². The van der Waals surface area contributed by atoms with Gasteiger partial charge in [-0.25, -0.2) is 0 Å². The number of unbranched alkanes of at least 4 members (excludes halogenated alkanes) is 7. The fourth-order valence-corrected chi connectivity index (χ4v) is 4.39. The summed E-state index contributed by atoms with van der Waals surface area (Å²) in [6.45, 7) is 5.92. The summed E-state index contributed by atoms with van der Waals surface area (Å²) in [5, 5.41) is 4.20. The van der Waals surface area contributed by atoms with Gasteiger partial charge < -0.3 is 9.42 Å². The highest BCUT2D eigenvalue weighted by molar-refractivity contribution is 5.85. The minimum absolute atomic E-state index is 0. The Morgan fingerprint density at radius 1 is 0.806 bits per heavy atom. The zero-order chi connectivity index (χ0) is 20.9. The molecule has 1 saturated heterocycles. The van der Waals surface area contributed by atoms with Gasteiger partial charge in [-0.05, 0) is 57.3 Å². The smallest absolute Gasteiger partial charge is 0.227 e. The number of halogens is 1. The lowest BCUT2D eigenvalue weighted by Gasteiger charge is -2.25. The summed E-state index contributed by atoms with van der Waals surface area (Å²) in [6.07, 6.45) is 18.2. The molecular formula is C26H42ClN3O. The van der Waals surface area contributed by atoms with E-state index in [1.54, 1.807) is 0 Å². The summed E-state index contributed by atoms with van der Waals surface area (Å²) in [5.41, 5.74) is 2.47. The molecule has 0 spiro atoms. The number of nitrogens with zero attached hydrogens (tertiary/aromatic N) is 3. The molecule has 0 amide bonds. The highest BCUT2D eigenvalue weighted by Crippen LogP contribution is 2.19. The summed E-state index contributed by atoms with van der Waals surface area (Å²) >= 11 is 0. The van der Waals surface area contributed by atoms with Crippen molar-refractivity contribution in [1.29, 1.82) is 0 Å². The van der Waals surface area contributed by atoms with Crippen molar-refractivity contribution >= 4 is 12.4 Å². The molecule has 2 heterocycles. The Balaban J connectivity index is 0.00000341. The number of hydrogen-bond acceptors (Lipinski definition) is 4. The molecule has 1 aliphatic heterocycles. The van der Waals surface area contributed by atoms with Crippen molar-refractivity contribution in [3.63, 3.8) is 0 Å². The van der Waals surface area contributed by atoms with Gasteiger partial charge in [0.15, 0.2) is 0 Å². The molecule has 1 aromatic carbocycles. The molecular weight excluding hydrogens is 406 g/mol. The third kappa shape index (κ3) is 9.74. The molecule has 0 atom stereocenters. The lowest BCUT2D eigenvalue weighted by Crippen LogP contribution is -2.30. The predicted molar refractivity (Wildman–Crippen MR) is 132 cm³/mol. The average molecular weight is 448 g/mol. The number of likely N-dealkylation sites (tertiary alicyclic amines) is 1. The summed E-state index contributed by atoms with van der Waals surface area (Å²) in [7, 11) is 0. The minimum atomic E-state index is 0. The van der Waals surface area contributed by atoms with E-state index < -0.39 is 0 Å². The molecule has 0 unspecified atom stereocenters. The molecule has 0 saturated carbocycles. The Morgan fingerprint density at radius 3 is 2.19 bits per heavy atom. The van der Waals surface area contributed by atoms with Gasteiger partial charge in [-0.15, -0.1) is 12.4 Å². The van der Waals surface area contributed by atoms with Crippen LogP contribution in [0.15, 0.2) is 28.8 Å². The van der Waals surface area contributed by atoms with Crippen LogP contribution in [0.4, 0.5) is 0 Å². The molecule has 0 radical (unpaired) electrons. The third-order valence-electron chi connectivity index (χ3n) is 6.31. The summed E-state index contributed by atoms with van der Waals surface area (Å²) < 4.78 is 5.49. The Bertz CT molecular complexity index is 695. The standard InChI is InChI=1S/C26H41N3O.ClH/c1-2-3-4-5-6-7-8-10-14-23-16-18-24(19-17-23)26-27-25(30-28-26)15-13-22-29-20-11-9-12-21-29;/h16-19H,2-15,20-22H2,1H3;1H. The van der Waals surface area contributed by atoms with E-state index >= 15 is 0 Å². The maximum absolute atomic E-state index is 5.49. The van der Waals surface area contributed by atoms with E-state index in [-0.39, 0.29) is 12.4 Å². The molecule has 174 valence electrons. The van der Waals surface area contributed by atoms with Gasteiger partial charge in [0, 0.05) is 12.0 Å². The maximum atomic E-state index is 5.49. The van der Waals surface area contributed by atoms with Crippen LogP contribution in [0.2, 0.25) is 0 Å². The first-order chi connectivity index (χ1) is 14.8. The van der Waals surface area contributed by atoms with Gasteiger partial charge in [0.1, 0.15) is 0 Å². The van der Waals surface area contributed by atoms with E-state index in [0.29, 0.717) is 0 Å². The van der Waals surface area contributed by atoms with Gasteiger partial charge >= 0.3 is 0 Å². The van der Waals surface area contributed by atoms with Gasteiger partial charge in [0.2, 0.25) is 11.7 Å². The van der Waals surface area contributed by atoms with Crippen LogP contribution in [0.3, 0.4) is 0 Å². The fourth-order valence-electron chi connectivity index (χ4n) is 4.39. The van der Waals surface area contributed by atoms with Gasteiger partial charge in [0.05, 0.1) is 0 Å². The van der Waals surface area contributed by atoms with Crippen molar-refractivity contribution in [3.8, 4) is 11.4 Å². The monoisotopic (exact) mass is 447 g/mol. The number of piperidine rings is 1. The van der Waals surface area contributed by atoms with E-state index in [1.807, 2.05) is 0 Å². The first-order valence-corrected chi connectivity index (χ1v) is 12.5. The van der Waals surface area contributed by atoms with Crippen LogP contribution >= 0.6 is 12.4 Å². The van der Waals surface area contributed by atoms with Crippen molar-refractivity contribution in [3.05, 3.63) is 35.7 Å². The molecule has 0 N–H and O–H groups in total. The van der Waals surface area contributed by atoms with Crippen LogP contribution in [0, 0.1) is 0 Å². The topological polar surface area (TPSA) is 42.2 Å². The molecule has 0 aliphatic carbocycles. The third-order valence-corrected chi connectivity index (χ3v) is 6.31. The van der Waals surface area contributed by atoms with E-state index in [9.17, 15) is 0 Å². The van der Waals surface area contributed by atoms with E-state index in [1.165, 1.54) is 95.7 Å². The zero-order valence-electron chi connectivity index (χ0n) is 19.5. The van der Waals surface area contributed by atoms with Gasteiger partial charge in [-0.3, -0.25) is 0 Å². The van der Waals surface area contributed by atoms with Crippen LogP contribution < -0.4 is 0 Å². The number of rotatable bonds is 14. The molecule has 2 aromatic rings. The molecule has 5 heteroatoms. The van der Waals surface area contributed by atoms with Crippen molar-refractivity contribution < 1.29 is 4.52 Å². The second-order valence-electron chi connectivity index (χ2n) is 8.94. The number of hydrogen-bond donors (Lipinski definition) is 0. The molecule has 31 heavy (non-hydrogen) atoms. The van der Waals surface area contributed by atoms with Crippen LogP contribution in [0.1, 0.15) is 95.4 Å². The van der Waals surface area contributed by atoms with Crippen LogP contribution in [0.5, 0.6) is 0 Å². The molecule has 0 bridgehead atoms. The summed E-state index contributed by atoms with van der Waals surface area (Å²) in [6, 6.07) is 8.73. The van der Waals surface area contributed by atoms with Crippen molar-refractivity contribution in [2.45, 2.75) is 96.8 Å². The fraction of sp³-hybridized carbons (Fsp3) is 0.692. The quantitative estimate of drug-likeness (QED) is 0.286. The highest BCUT2D eigenvalue weighted by Gasteiger charge is 2.12. The Morgan fingerprint density at radius 2 is 1.48 bits per heavy atom. The van der Waals surface area contributed by atoms with E-state index in [2.05, 4.69) is 46.2 Å². The Kier molecular flexibility index (Phi) is 12.9. The zero-order valence-corrected chi connectivity index (χ0v) is 20.3. The summed E-state index contributed by atoms with van der Waals surface area (Å²) in [4.78, 5) is 7.18. The molecule has 1 aliphatic rings. The lowest BCUT2D eigenvalue weighted by molar-refractivity contribution is 0.223. The first kappa shape index (κ1) is 25.9. The lowest BCUT2D eigenvalue weighted by atomic mass is 10.0. The second kappa shape index (κ2) is 15.4. The van der Waals surface area contributed by atoms with Crippen molar-refractivity contribution in [1.82, 2.24) is 15.0 Å². The van der Waals surface area contributed by atoms with Crippen molar-refractivity contribution in [2.75, 3.05) is 19.6 Å². The van der Waals surface area contributed by atoms with Gasteiger partial charge in [-0.2, -0.15) is 4.98 Å². The predicted octanol–water partition coefficient (Wildman–Crippen LogP) is 7.26. The highest BCUT2D eigenvalue weighted by atomic mass is 35.5. The van der Waals surface area contributed by atoms with Crippen LogP contribution in [-0.2, 0) is 12.8 Å². The second-order valence-corrected chi connectivity index (χ2v) is 8.94. The van der Waals surface area contributed by atoms with Crippen LogP contribution in [-0.4, -0.2) is 34.7 Å². The normalized spacial score (nSPS) is 14.5. The van der Waals surface area contributed by atoms with Crippen LogP contribution in [0.25, 0.3) is 11.4 Å². The maximum Gasteiger partial charge on any atom is 0.227 e. The SMILES string of the molecule is CCCCCCCCCCc1ccc(-c2noc(CCCN3CCCCC3)n2)cc1.Cl. The number of aromatic nitrogens is 2. The Hall–Kier alpha value is -1.39. The summed E-state index contributed by atoms with van der Waals surface area (Å²) in [5.74, 6) is 1.49. The average Bonchev–Trinajstić information content (AvgIpc) is 3.26. The molecule has 3 rings (SSSR count). The van der Waals surface area contributed by atoms with E-state index in [4.69, 9.17) is 4.52 Å². The Labute approximate surface area is 195 Å². The van der Waals surface area contributed by atoms with Gasteiger partial charge in [-0.1, -0.05) is 87.7 Å². The number of aryl methyl sites for hydroxylation is 2. The van der Waals surface area contributed by atoms with E-state index in [0.717, 1.165) is 36.7 Å². The minimum Gasteiger partial charge on any atom is -0.339 e. The van der Waals surface area contributed by atoms with Crippen molar-refractivity contribution in [2.24, 2.45) is 0 Å². The number of benzene rings is 1. The molecule has 4 nitrogen and oxygen atoms in total. The molecule has 1 fully saturated rings. The molecule has 1 aromatic heterocycles. The first-order valence-electron chi connectivity index (χ1n) is 12.5. The largest absolute Gasteiger partial charge is 0.339 e.